The van der Waals surface area contributed by atoms with E-state index in [4.69, 9.17) is 20.9 Å². The molecule has 1 atom stereocenters. The highest BCUT2D eigenvalue weighted by atomic mass is 35.5. The number of carbonyl (C=O) groups is 1. The highest BCUT2D eigenvalue weighted by Crippen LogP contribution is 2.39. The number of benzene rings is 2. The number of allylic oxidation sites excluding steroid dienone is 1. The van der Waals surface area contributed by atoms with Gasteiger partial charge in [-0.2, -0.15) is 4.98 Å². The maximum Gasteiger partial charge on any atom is 0.322 e. The zero-order chi connectivity index (χ0) is 23.7. The number of thiophene rings is 1. The molecule has 0 saturated heterocycles. The van der Waals surface area contributed by atoms with Gasteiger partial charge in [0.2, 0.25) is 5.82 Å². The van der Waals surface area contributed by atoms with Gasteiger partial charge in [0, 0.05) is 16.3 Å². The fourth-order valence-electron chi connectivity index (χ4n) is 4.03. The quantitative estimate of drug-likeness (QED) is 0.348. The second-order valence-corrected chi connectivity index (χ2v) is 9.12. The van der Waals surface area contributed by atoms with E-state index in [0.29, 0.717) is 40.3 Å². The minimum atomic E-state index is -0.503. The number of amides is 2. The van der Waals surface area contributed by atoms with Crippen LogP contribution in [0.1, 0.15) is 30.0 Å². The number of nitrogens with zero attached hydrogens (tertiary/aromatic N) is 3. The molecule has 1 N–H and O–H groups in total. The van der Waals surface area contributed by atoms with Gasteiger partial charge in [-0.25, -0.2) is 4.79 Å². The van der Waals surface area contributed by atoms with E-state index in [1.165, 1.54) is 11.3 Å². The Labute approximate surface area is 205 Å². The summed E-state index contributed by atoms with van der Waals surface area (Å²) < 4.78 is 11.2. The van der Waals surface area contributed by atoms with Crippen LogP contribution in [0.2, 0.25) is 5.02 Å². The Kier molecular flexibility index (Phi) is 6.08. The third-order valence-electron chi connectivity index (χ3n) is 5.70. The van der Waals surface area contributed by atoms with Crippen molar-refractivity contribution in [3.63, 3.8) is 0 Å². The van der Waals surface area contributed by atoms with Gasteiger partial charge in [0.15, 0.2) is 0 Å². The minimum Gasteiger partial charge on any atom is -0.496 e. The van der Waals surface area contributed by atoms with E-state index in [0.717, 1.165) is 16.0 Å². The Bertz CT molecular complexity index is 1370. The predicted molar refractivity (Wildman–Crippen MR) is 131 cm³/mol. The molecule has 2 amide bonds. The first-order chi connectivity index (χ1) is 16.5. The molecule has 0 fully saturated rings. The number of aromatic nitrogens is 2. The summed E-state index contributed by atoms with van der Waals surface area (Å²) in [6, 6.07) is 18.1. The summed E-state index contributed by atoms with van der Waals surface area (Å²) in [5.41, 5.74) is 3.13. The zero-order valence-electron chi connectivity index (χ0n) is 18.5. The van der Waals surface area contributed by atoms with E-state index in [-0.39, 0.29) is 6.03 Å². The average Bonchev–Trinajstić information content (AvgIpc) is 3.54. The van der Waals surface area contributed by atoms with Crippen molar-refractivity contribution in [1.29, 1.82) is 0 Å². The number of carbonyl (C=O) groups excluding carboxylic acids is 1. The first kappa shape index (κ1) is 22.2. The lowest BCUT2D eigenvalue weighted by atomic mass is 9.94. The van der Waals surface area contributed by atoms with Crippen molar-refractivity contribution in [3.8, 4) is 16.5 Å². The summed E-state index contributed by atoms with van der Waals surface area (Å²) in [5, 5.41) is 9.81. The standard InChI is InChI=1S/C25H21ClN4O3S/c1-15-21(24-28-23(29-33-24)20-11-6-12-34-20)22(16-8-5-9-18(26)13-16)27-25(31)30(15)14-17-7-3-4-10-19(17)32-2/h3-13,22H,14H2,1-2H3,(H,27,31). The lowest BCUT2D eigenvalue weighted by molar-refractivity contribution is 0.202. The van der Waals surface area contributed by atoms with Gasteiger partial charge in [-0.15, -0.1) is 11.3 Å². The molecule has 0 radical (unpaired) electrons. The van der Waals surface area contributed by atoms with E-state index < -0.39 is 6.04 Å². The van der Waals surface area contributed by atoms with Gasteiger partial charge in [-0.3, -0.25) is 4.90 Å². The van der Waals surface area contributed by atoms with Crippen LogP contribution in [0.25, 0.3) is 16.3 Å². The molecule has 0 bridgehead atoms. The maximum absolute atomic E-state index is 13.3. The van der Waals surface area contributed by atoms with Gasteiger partial charge in [0.25, 0.3) is 5.89 Å². The molecule has 7 nitrogen and oxygen atoms in total. The second-order valence-electron chi connectivity index (χ2n) is 7.74. The summed E-state index contributed by atoms with van der Waals surface area (Å²) in [7, 11) is 1.61. The molecule has 1 aliphatic heterocycles. The summed E-state index contributed by atoms with van der Waals surface area (Å²) in [5.74, 6) is 1.55. The predicted octanol–water partition coefficient (Wildman–Crippen LogP) is 6.16. The van der Waals surface area contributed by atoms with Crippen LogP contribution in [0.4, 0.5) is 4.79 Å². The maximum atomic E-state index is 13.3. The van der Waals surface area contributed by atoms with Crippen LogP contribution >= 0.6 is 22.9 Å². The van der Waals surface area contributed by atoms with Crippen molar-refractivity contribution in [2.24, 2.45) is 0 Å². The van der Waals surface area contributed by atoms with Crippen LogP contribution < -0.4 is 10.1 Å². The molecule has 3 heterocycles. The molecule has 0 aliphatic carbocycles. The molecule has 34 heavy (non-hydrogen) atoms. The number of hydrogen-bond acceptors (Lipinski definition) is 6. The molecule has 0 spiro atoms. The fraction of sp³-hybridized carbons (Fsp3) is 0.160. The number of rotatable bonds is 6. The summed E-state index contributed by atoms with van der Waals surface area (Å²) in [6.45, 7) is 2.20. The van der Waals surface area contributed by atoms with Crippen LogP contribution in [-0.4, -0.2) is 28.2 Å². The zero-order valence-corrected chi connectivity index (χ0v) is 20.1. The Balaban J connectivity index is 1.61. The summed E-state index contributed by atoms with van der Waals surface area (Å²) in [6.07, 6.45) is 0. The second kappa shape index (κ2) is 9.32. The SMILES string of the molecule is COc1ccccc1CN1C(=O)NC(c2cccc(Cl)c2)C(c2nc(-c3cccs3)no2)=C1C. The molecule has 0 saturated carbocycles. The van der Waals surface area contributed by atoms with Gasteiger partial charge in [-0.1, -0.05) is 53.2 Å². The molecule has 4 aromatic rings. The number of para-hydroxylation sites is 1. The largest absolute Gasteiger partial charge is 0.496 e. The van der Waals surface area contributed by atoms with Gasteiger partial charge < -0.3 is 14.6 Å². The number of hydrogen-bond donors (Lipinski definition) is 1. The van der Waals surface area contributed by atoms with Gasteiger partial charge in [-0.05, 0) is 42.1 Å². The topological polar surface area (TPSA) is 80.5 Å². The number of ether oxygens (including phenoxy) is 1. The van der Waals surface area contributed by atoms with Crippen molar-refractivity contribution >= 4 is 34.5 Å². The Morgan fingerprint density at radius 1 is 1.18 bits per heavy atom. The van der Waals surface area contributed by atoms with E-state index >= 15 is 0 Å². The van der Waals surface area contributed by atoms with Crippen LogP contribution in [-0.2, 0) is 6.54 Å². The van der Waals surface area contributed by atoms with E-state index in [2.05, 4.69) is 15.5 Å². The minimum absolute atomic E-state index is 0.241. The van der Waals surface area contributed by atoms with E-state index in [9.17, 15) is 4.79 Å². The van der Waals surface area contributed by atoms with Crippen molar-refractivity contribution in [3.05, 3.63) is 93.8 Å². The lowest BCUT2D eigenvalue weighted by Gasteiger charge is -2.35. The lowest BCUT2D eigenvalue weighted by Crippen LogP contribution is -2.45. The van der Waals surface area contributed by atoms with Crippen LogP contribution in [0.5, 0.6) is 5.75 Å². The molecule has 9 heteroatoms. The number of urea groups is 1. The van der Waals surface area contributed by atoms with Gasteiger partial charge in [0.05, 0.1) is 30.1 Å². The van der Waals surface area contributed by atoms with Gasteiger partial charge >= 0.3 is 6.03 Å². The van der Waals surface area contributed by atoms with Crippen molar-refractivity contribution in [1.82, 2.24) is 20.4 Å². The highest BCUT2D eigenvalue weighted by Gasteiger charge is 2.36. The van der Waals surface area contributed by atoms with Crippen LogP contribution in [0.3, 0.4) is 0 Å². The van der Waals surface area contributed by atoms with E-state index in [1.807, 2.05) is 66.9 Å². The first-order valence-electron chi connectivity index (χ1n) is 10.6. The third-order valence-corrected chi connectivity index (χ3v) is 6.80. The molecule has 2 aromatic carbocycles. The monoisotopic (exact) mass is 492 g/mol. The van der Waals surface area contributed by atoms with Gasteiger partial charge in [0.1, 0.15) is 5.75 Å². The number of methoxy groups -OCH3 is 1. The number of nitrogens with one attached hydrogen (secondary N) is 1. The first-order valence-corrected chi connectivity index (χ1v) is 11.8. The molecule has 1 unspecified atom stereocenters. The van der Waals surface area contributed by atoms with Crippen LogP contribution in [0.15, 0.2) is 76.3 Å². The molecule has 1 aliphatic rings. The average molecular weight is 493 g/mol. The third kappa shape index (κ3) is 4.18. The summed E-state index contributed by atoms with van der Waals surface area (Å²) in [4.78, 5) is 20.5. The fourth-order valence-corrected chi connectivity index (χ4v) is 4.88. The highest BCUT2D eigenvalue weighted by molar-refractivity contribution is 7.13. The molecular formula is C25H21ClN4O3S. The normalized spacial score (nSPS) is 16.0. The van der Waals surface area contributed by atoms with Crippen LogP contribution in [0, 0.1) is 0 Å². The Hall–Kier alpha value is -3.62. The smallest absolute Gasteiger partial charge is 0.322 e. The van der Waals surface area contributed by atoms with Crippen molar-refractivity contribution in [2.45, 2.75) is 19.5 Å². The Morgan fingerprint density at radius 2 is 2.03 bits per heavy atom. The number of halogens is 1. The van der Waals surface area contributed by atoms with Crippen molar-refractivity contribution in [2.75, 3.05) is 7.11 Å². The molecule has 5 rings (SSSR count). The Morgan fingerprint density at radius 3 is 2.79 bits per heavy atom. The summed E-state index contributed by atoms with van der Waals surface area (Å²) >= 11 is 7.80. The molecule has 172 valence electrons. The molecular weight excluding hydrogens is 472 g/mol. The van der Waals surface area contributed by atoms with E-state index in [1.54, 1.807) is 18.1 Å². The van der Waals surface area contributed by atoms with Crippen molar-refractivity contribution < 1.29 is 14.1 Å². The molecule has 2 aromatic heterocycles.